The summed E-state index contributed by atoms with van der Waals surface area (Å²) in [5, 5.41) is 0. The van der Waals surface area contributed by atoms with E-state index in [-0.39, 0.29) is 652 Å². The maximum atomic E-state index is 11.1. The number of hydrogen-bond acceptors (Lipinski definition) is 25. The number of nitrogens with zero attached hydrogens (tertiary/aromatic N) is 9. The van der Waals surface area contributed by atoms with E-state index in [4.69, 9.17) is 6.58 Å². The Kier molecular flexibility index (Phi) is 164. The van der Waals surface area contributed by atoms with Crippen LogP contribution in [0.1, 0.15) is 219 Å². The summed E-state index contributed by atoms with van der Waals surface area (Å²) in [6.07, 6.45) is 44.3. The molecular formula is C102H136N9O22Y15-15. The van der Waals surface area contributed by atoms with Gasteiger partial charge in [-0.2, -0.15) is 86.7 Å². The molecule has 9 aliphatic heterocycles. The van der Waals surface area contributed by atoms with E-state index in [1.807, 2.05) is 34.7 Å². The minimum Gasteiger partial charge on any atom is -0.518 e. The number of unbranched alkanes of at least 4 members (excludes halogenated alkanes) is 2. The Morgan fingerprint density at radius 3 is 1.07 bits per heavy atom. The first kappa shape index (κ1) is 205. The summed E-state index contributed by atoms with van der Waals surface area (Å²) < 4.78 is 0. The molecule has 0 spiro atoms. The molecular weight excluding hydrogens is 3040 g/mol. The molecule has 0 atom stereocenters. The first-order chi connectivity index (χ1) is 60.8. The van der Waals surface area contributed by atoms with Crippen molar-refractivity contribution in [3.63, 3.8) is 0 Å². The summed E-state index contributed by atoms with van der Waals surface area (Å²) in [5.41, 5.74) is 8.67. The van der Waals surface area contributed by atoms with Crippen LogP contribution in [0.5, 0.6) is 0 Å². The molecule has 9 heterocycles. The molecule has 0 fully saturated rings. The molecule has 0 saturated heterocycles. The Hall–Kier alpha value is 3.50. The molecule has 31 nitrogen and oxygen atoms in total. The van der Waals surface area contributed by atoms with Crippen LogP contribution >= 0.6 is 0 Å². The van der Waals surface area contributed by atoms with Gasteiger partial charge < -0.3 is 156 Å². The first-order valence-corrected chi connectivity index (χ1v) is 41.3. The van der Waals surface area contributed by atoms with Gasteiger partial charge in [0.05, 0.1) is 47.4 Å². The number of ketones is 14. The molecule has 781 valence electrons. The maximum Gasteiger partial charge on any atom is 0.228 e. The van der Waals surface area contributed by atoms with Gasteiger partial charge in [0.2, 0.25) is 11.8 Å². The van der Waals surface area contributed by atoms with E-state index in [2.05, 4.69) is 98.8 Å². The third-order valence-electron chi connectivity index (χ3n) is 17.1. The normalized spacial score (nSPS) is 14.6. The molecule has 0 aromatic carbocycles. The van der Waals surface area contributed by atoms with Crippen LogP contribution in [0.4, 0.5) is 0 Å². The predicted octanol–water partition coefficient (Wildman–Crippen LogP) is 9.55. The fourth-order valence-corrected chi connectivity index (χ4v) is 8.95. The van der Waals surface area contributed by atoms with Crippen LogP contribution in [0.15, 0.2) is 96.9 Å². The third kappa shape index (κ3) is 107. The maximum absolute atomic E-state index is 11.1. The Morgan fingerprint density at radius 2 is 0.811 bits per heavy atom. The van der Waals surface area contributed by atoms with Gasteiger partial charge in [-0.15, -0.1) is 18.6 Å². The van der Waals surface area contributed by atoms with Crippen molar-refractivity contribution in [2.75, 3.05) is 109 Å². The van der Waals surface area contributed by atoms with Gasteiger partial charge in [0.25, 0.3) is 0 Å². The molecule has 0 bridgehead atoms. The largest absolute Gasteiger partial charge is 0.518 e. The number of Topliss-reactive ketones (excluding diaryl/α,β-unsaturated/α-hetero) is 14. The molecule has 46 heteroatoms. The van der Waals surface area contributed by atoms with E-state index < -0.39 is 5.78 Å². The van der Waals surface area contributed by atoms with Gasteiger partial charge in [-0.1, -0.05) is 184 Å². The summed E-state index contributed by atoms with van der Waals surface area (Å²) >= 11 is 0. The number of likely N-dealkylation sites (N-methyl/N-ethyl adjacent to an activating group) is 9. The van der Waals surface area contributed by atoms with Crippen molar-refractivity contribution in [3.05, 3.63) is 189 Å². The number of allylic oxidation sites excluding steroid dienone is 12. The van der Waals surface area contributed by atoms with E-state index in [1.54, 1.807) is 156 Å². The van der Waals surface area contributed by atoms with Gasteiger partial charge in [-0.25, -0.2) is 17.2 Å². The molecule has 0 aromatic rings. The second-order valence-electron chi connectivity index (χ2n) is 30.2. The van der Waals surface area contributed by atoms with Crippen LogP contribution in [0, 0.1) is 91.9 Å². The fraction of sp³-hybridized carbons (Fsp3) is 0.471. The van der Waals surface area contributed by atoms with Gasteiger partial charge in [-0.3, -0.25) is 53.8 Å². The second-order valence-corrected chi connectivity index (χ2v) is 30.2. The summed E-state index contributed by atoms with van der Waals surface area (Å²) in [7, 11) is 15.0. The molecule has 9 rings (SSSR count). The fourth-order valence-electron chi connectivity index (χ4n) is 8.95. The van der Waals surface area contributed by atoms with Crippen LogP contribution in [-0.2, 0) is 596 Å². The standard InChI is InChI=1S/C9H11O3.C9H15O.2C8H10NO2.2C7H8NO2.C7H8NO.C7H9O2.C7H11O.C6H6NO2.3C6H8NO.C5H7O.C3H5.CH4.15Y/c1-6(8(3)11)4-9(12)5-7(2)10;1-4-5-6-7-8(2)9(3)10;1-6-3-7(10)4-9(2)5-8(6)11;1-6-3-4-8(11)9(2)5-7(6)10;1-5-3-7(10)8(2)4-6(5)9;1-5-3-6(9)8(2)7(10)4-5;1-5-4-8(3)6(2)7(5)9;1-5(7(3)9)4-6(2)8;1-4-6(2)5-7(3)8;1-4-3-5(8)7(2)6(4)9;1-5-3-7(2)4-6(5)8;1-5-3-6(8)7(2)4-5;1-5-3-4-7(2)6(5)8;1-3-4-5(2)6;1-3-2;;;;;;;;;;;;;;;;/h5H2,1-3H3;4-6H2,1-3H3;2*4-5H2,1-2H3;4H2,1-2H3;3H2,1-2H3;2H2,1,3H3;1-3H3;4H2,1-3H3;1-2H3;3*4H2,1-2H3;3H,1-2H3;1,3H,2H3;1H4;;;;;;;;;;;;;;;/q15*-1;;;;;;;;;;;;;;;;. The van der Waals surface area contributed by atoms with Gasteiger partial charge in [0.1, 0.15) is 11.7 Å². The molecule has 8 amide bonds. The Labute approximate surface area is 1260 Å². The van der Waals surface area contributed by atoms with Gasteiger partial charge in [-0.05, 0) is 94.0 Å². The van der Waals surface area contributed by atoms with Crippen molar-refractivity contribution in [1.82, 2.24) is 44.1 Å². The minimum atomic E-state index is -0.435. The number of amides is 8. The van der Waals surface area contributed by atoms with E-state index in [9.17, 15) is 105 Å². The van der Waals surface area contributed by atoms with Crippen molar-refractivity contribution in [2.24, 2.45) is 0 Å². The molecule has 0 N–H and O–H groups in total. The average Bonchev–Trinajstić information content (AvgIpc) is 1.72. The van der Waals surface area contributed by atoms with Crippen LogP contribution in [0.2, 0.25) is 0 Å². The van der Waals surface area contributed by atoms with Crippen LogP contribution in [0.3, 0.4) is 0 Å². The van der Waals surface area contributed by atoms with E-state index in [0.717, 1.165) is 69.9 Å². The Morgan fingerprint density at radius 1 is 0.405 bits per heavy atom. The Balaban J connectivity index is -0.0000000573. The zero-order valence-electron chi connectivity index (χ0n) is 92.0. The van der Waals surface area contributed by atoms with Gasteiger partial charge >= 0.3 is 0 Å². The smallest absolute Gasteiger partial charge is 0.228 e. The molecule has 9 aliphatic rings. The zero-order chi connectivity index (χ0) is 104. The molecule has 0 aromatic heterocycles. The van der Waals surface area contributed by atoms with E-state index in [0.29, 0.717) is 77.3 Å². The number of imide groups is 2. The van der Waals surface area contributed by atoms with E-state index in [1.165, 1.54) is 78.4 Å². The first-order valence-electron chi connectivity index (χ1n) is 41.3. The zero-order valence-corrected chi connectivity index (χ0v) is 135. The van der Waals surface area contributed by atoms with Crippen LogP contribution in [-0.4, -0.2) is 282 Å². The molecule has 0 unspecified atom stereocenters. The predicted molar refractivity (Wildman–Crippen MR) is 503 cm³/mol. The summed E-state index contributed by atoms with van der Waals surface area (Å²) in [4.78, 5) is 248. The molecule has 15 radical (unpaired) electrons. The van der Waals surface area contributed by atoms with E-state index >= 15 is 0 Å². The molecule has 0 saturated carbocycles. The molecule has 0 aliphatic carbocycles. The number of carbonyl (C=O) groups is 22. The van der Waals surface area contributed by atoms with Crippen molar-refractivity contribution >= 4 is 128 Å². The monoisotopic (exact) mass is 3170 g/mol. The summed E-state index contributed by atoms with van der Waals surface area (Å²) in [6.45, 7) is 51.1. The van der Waals surface area contributed by atoms with Crippen molar-refractivity contribution in [2.45, 2.75) is 219 Å². The molecule has 148 heavy (non-hydrogen) atoms. The van der Waals surface area contributed by atoms with Crippen LogP contribution < -0.4 is 0 Å². The van der Waals surface area contributed by atoms with Gasteiger partial charge in [0.15, 0.2) is 5.91 Å². The number of carbonyl (C=O) groups excluding carboxylic acids is 22. The Bertz CT molecular complexity index is 4790. The summed E-state index contributed by atoms with van der Waals surface area (Å²) in [6, 6.07) is 0. The summed E-state index contributed by atoms with van der Waals surface area (Å²) in [5.74, 6) is -2.26. The number of rotatable bonds is 13. The van der Waals surface area contributed by atoms with Crippen molar-refractivity contribution in [3.8, 4) is 0 Å². The van der Waals surface area contributed by atoms with Crippen molar-refractivity contribution < 1.29 is 596 Å². The quantitative estimate of drug-likeness (QED) is 0.0544. The third-order valence-corrected chi connectivity index (χ3v) is 17.1. The van der Waals surface area contributed by atoms with Crippen molar-refractivity contribution in [1.29, 1.82) is 0 Å². The average molecular weight is 3170 g/mol. The van der Waals surface area contributed by atoms with Crippen LogP contribution in [0.25, 0.3) is 0 Å². The topological polar surface area (TPSA) is 405 Å². The minimum absolute atomic E-state index is 0. The second kappa shape index (κ2) is 118. The SMILES string of the molecule is C.C=C1C(=O)C(C)=[C-]N1C.CC(=O)CC(=O)[C-]=C(C)C(C)=O.CC(=O)[C-]=C(C)C(C)=O.CC1=[C-]C(=O)CN(C)CC1=O.CC1=[C-]C(=O)N(C)C(=O)C1.CC1=[C-]C(=O)N(C)C1.CC1=[C-]C(=O)N(C)C1=O.CC1=[C-]C(=O)N(C)CC1=O.CC1=[C-]CC(=O)N(C)CC1=O.CC1=[C-]CN(C)C1=O.CC1=[C-]N(C)CC1=O.CC=[C-]C(C)=O.CCC(C)=[C-]C(C)=O.CCCC[C-]=C(C)C(C)=O.[CH-]=CC.[Y].[Y].[Y].[Y].[Y].[Y].[Y].[Y].[Y].[Y].[Y].[Y].[Y].[Y].[Y]. The number of hydrogen-bond donors (Lipinski definition) is 0. The van der Waals surface area contributed by atoms with Gasteiger partial charge in [0, 0.05) is 598 Å².